The molecule has 1 fully saturated rings. The van der Waals surface area contributed by atoms with Gasteiger partial charge in [0.25, 0.3) is 0 Å². The smallest absolute Gasteiger partial charge is 0.121 e. The molecule has 1 aliphatic rings. The Kier molecular flexibility index (Phi) is 3.94. The van der Waals surface area contributed by atoms with Gasteiger partial charge in [0.15, 0.2) is 0 Å². The molecule has 1 saturated heterocycles. The third kappa shape index (κ3) is 3.04. The number of imidazole rings is 1. The van der Waals surface area contributed by atoms with Crippen LogP contribution < -0.4 is 10.1 Å². The first-order valence-electron chi connectivity index (χ1n) is 6.69. The van der Waals surface area contributed by atoms with Gasteiger partial charge in [0.1, 0.15) is 11.6 Å². The fraction of sp³-hybridized carbons (Fsp3) is 0.500. The number of thioether (sulfide) groups is 1. The van der Waals surface area contributed by atoms with Crippen molar-refractivity contribution in [2.75, 3.05) is 18.6 Å². The van der Waals surface area contributed by atoms with Gasteiger partial charge >= 0.3 is 0 Å². The van der Waals surface area contributed by atoms with Crippen LogP contribution in [0.2, 0.25) is 0 Å². The molecular weight excluding hydrogens is 258 g/mol. The van der Waals surface area contributed by atoms with Gasteiger partial charge in [-0.2, -0.15) is 11.8 Å². The lowest BCUT2D eigenvalue weighted by molar-refractivity contribution is 0.415. The second-order valence-corrected chi connectivity index (χ2v) is 6.01. The number of hydrogen-bond acceptors (Lipinski definition) is 4. The van der Waals surface area contributed by atoms with Crippen LogP contribution in [-0.4, -0.2) is 34.6 Å². The number of aromatic amines is 1. The van der Waals surface area contributed by atoms with E-state index in [1.807, 2.05) is 30.0 Å². The average molecular weight is 277 g/mol. The molecule has 3 rings (SSSR count). The lowest BCUT2D eigenvalue weighted by atomic mass is 10.2. The lowest BCUT2D eigenvalue weighted by Crippen LogP contribution is -2.33. The first kappa shape index (κ1) is 12.8. The van der Waals surface area contributed by atoms with E-state index in [4.69, 9.17) is 4.74 Å². The molecule has 0 amide bonds. The van der Waals surface area contributed by atoms with Gasteiger partial charge in [-0.1, -0.05) is 0 Å². The normalized spacial score (nSPS) is 19.7. The zero-order valence-corrected chi connectivity index (χ0v) is 11.9. The largest absolute Gasteiger partial charge is 0.497 e. The van der Waals surface area contributed by atoms with Crippen molar-refractivity contribution in [1.82, 2.24) is 15.3 Å². The van der Waals surface area contributed by atoms with Gasteiger partial charge in [0.2, 0.25) is 0 Å². The molecule has 19 heavy (non-hydrogen) atoms. The van der Waals surface area contributed by atoms with Crippen LogP contribution in [0.25, 0.3) is 11.0 Å². The summed E-state index contributed by atoms with van der Waals surface area (Å²) < 4.78 is 5.22. The first-order valence-corrected chi connectivity index (χ1v) is 7.84. The van der Waals surface area contributed by atoms with Crippen LogP contribution in [0.3, 0.4) is 0 Å². The molecule has 0 saturated carbocycles. The van der Waals surface area contributed by atoms with E-state index < -0.39 is 0 Å². The molecule has 0 spiro atoms. The summed E-state index contributed by atoms with van der Waals surface area (Å²) in [5, 5.41) is 3.58. The number of benzene rings is 1. The summed E-state index contributed by atoms with van der Waals surface area (Å²) in [6.45, 7) is 0.808. The molecule has 2 aromatic rings. The minimum Gasteiger partial charge on any atom is -0.497 e. The summed E-state index contributed by atoms with van der Waals surface area (Å²) in [6.07, 6.45) is 2.60. The van der Waals surface area contributed by atoms with E-state index in [1.54, 1.807) is 7.11 Å². The zero-order chi connectivity index (χ0) is 13.1. The third-order valence-electron chi connectivity index (χ3n) is 3.46. The lowest BCUT2D eigenvalue weighted by Gasteiger charge is -2.21. The van der Waals surface area contributed by atoms with Gasteiger partial charge in [0, 0.05) is 17.9 Å². The number of rotatable bonds is 4. The number of nitrogens with zero attached hydrogens (tertiary/aromatic N) is 1. The summed E-state index contributed by atoms with van der Waals surface area (Å²) in [7, 11) is 1.68. The maximum atomic E-state index is 5.22. The Hall–Kier alpha value is -1.20. The van der Waals surface area contributed by atoms with Crippen molar-refractivity contribution >= 4 is 22.8 Å². The average Bonchev–Trinajstić information content (AvgIpc) is 2.88. The fourth-order valence-electron chi connectivity index (χ4n) is 2.39. The molecule has 0 aliphatic carbocycles. The number of methoxy groups -OCH3 is 1. The Morgan fingerprint density at radius 1 is 1.53 bits per heavy atom. The quantitative estimate of drug-likeness (QED) is 0.902. The molecule has 1 unspecified atom stereocenters. The number of H-pyrrole nitrogens is 1. The van der Waals surface area contributed by atoms with Crippen molar-refractivity contribution in [3.05, 3.63) is 24.0 Å². The second-order valence-electron chi connectivity index (χ2n) is 4.86. The van der Waals surface area contributed by atoms with E-state index >= 15 is 0 Å². The molecule has 1 aliphatic heterocycles. The molecule has 102 valence electrons. The molecule has 1 aromatic carbocycles. The number of hydrogen-bond donors (Lipinski definition) is 2. The van der Waals surface area contributed by atoms with E-state index in [1.165, 1.54) is 24.3 Å². The standard InChI is InChI=1S/C14H19N3OS/c1-18-11-4-5-12-13(7-11)17-14(16-12)8-15-10-3-2-6-19-9-10/h4-5,7,10,15H,2-3,6,8-9H2,1H3,(H,16,17). The monoisotopic (exact) mass is 277 g/mol. The van der Waals surface area contributed by atoms with E-state index in [-0.39, 0.29) is 0 Å². The topological polar surface area (TPSA) is 49.9 Å². The van der Waals surface area contributed by atoms with Gasteiger partial charge in [-0.15, -0.1) is 0 Å². The third-order valence-corrected chi connectivity index (χ3v) is 4.67. The Balaban J connectivity index is 1.67. The highest BCUT2D eigenvalue weighted by atomic mass is 32.2. The van der Waals surface area contributed by atoms with Crippen molar-refractivity contribution in [3.8, 4) is 5.75 Å². The first-order chi connectivity index (χ1) is 9.35. The predicted octanol–water partition coefficient (Wildman–Crippen LogP) is 2.56. The molecule has 1 atom stereocenters. The van der Waals surface area contributed by atoms with Crippen LogP contribution in [0.15, 0.2) is 18.2 Å². The number of aromatic nitrogens is 2. The van der Waals surface area contributed by atoms with Gasteiger partial charge in [-0.25, -0.2) is 4.98 Å². The maximum absolute atomic E-state index is 5.22. The van der Waals surface area contributed by atoms with E-state index in [0.717, 1.165) is 29.2 Å². The minimum atomic E-state index is 0.626. The Bertz CT molecular complexity index is 549. The molecule has 2 N–H and O–H groups in total. The summed E-state index contributed by atoms with van der Waals surface area (Å²) in [5.41, 5.74) is 2.03. The van der Waals surface area contributed by atoms with Gasteiger partial charge in [-0.3, -0.25) is 0 Å². The van der Waals surface area contributed by atoms with E-state index in [2.05, 4.69) is 15.3 Å². The molecule has 2 heterocycles. The molecule has 0 radical (unpaired) electrons. The SMILES string of the molecule is COc1ccc2nc(CNC3CCCSC3)[nH]c2c1. The fourth-order valence-corrected chi connectivity index (χ4v) is 3.50. The van der Waals surface area contributed by atoms with Crippen LogP contribution >= 0.6 is 11.8 Å². The summed E-state index contributed by atoms with van der Waals surface area (Å²) in [4.78, 5) is 7.94. The van der Waals surface area contributed by atoms with Gasteiger partial charge in [-0.05, 0) is 30.7 Å². The summed E-state index contributed by atoms with van der Waals surface area (Å²) >= 11 is 2.04. The highest BCUT2D eigenvalue weighted by Crippen LogP contribution is 2.20. The van der Waals surface area contributed by atoms with Crippen molar-refractivity contribution in [3.63, 3.8) is 0 Å². The molecule has 1 aromatic heterocycles. The molecule has 0 bridgehead atoms. The number of ether oxygens (including phenoxy) is 1. The Labute approximate surface area is 117 Å². The van der Waals surface area contributed by atoms with Crippen LogP contribution in [0.1, 0.15) is 18.7 Å². The maximum Gasteiger partial charge on any atom is 0.121 e. The van der Waals surface area contributed by atoms with Crippen LogP contribution in [0.4, 0.5) is 0 Å². The van der Waals surface area contributed by atoms with Crippen LogP contribution in [-0.2, 0) is 6.54 Å². The second kappa shape index (κ2) is 5.84. The number of fused-ring (bicyclic) bond motifs is 1. The van der Waals surface area contributed by atoms with Crippen LogP contribution in [0, 0.1) is 0 Å². The Morgan fingerprint density at radius 3 is 3.26 bits per heavy atom. The van der Waals surface area contributed by atoms with Gasteiger partial charge in [0.05, 0.1) is 24.7 Å². The molecular formula is C14H19N3OS. The van der Waals surface area contributed by atoms with Crippen molar-refractivity contribution in [2.24, 2.45) is 0 Å². The Morgan fingerprint density at radius 2 is 2.47 bits per heavy atom. The highest BCUT2D eigenvalue weighted by Gasteiger charge is 2.13. The van der Waals surface area contributed by atoms with Gasteiger partial charge < -0.3 is 15.0 Å². The zero-order valence-electron chi connectivity index (χ0n) is 11.1. The number of nitrogens with one attached hydrogen (secondary N) is 2. The van der Waals surface area contributed by atoms with Crippen molar-refractivity contribution in [2.45, 2.75) is 25.4 Å². The van der Waals surface area contributed by atoms with Crippen LogP contribution in [0.5, 0.6) is 5.75 Å². The minimum absolute atomic E-state index is 0.626. The van der Waals surface area contributed by atoms with Crippen molar-refractivity contribution in [1.29, 1.82) is 0 Å². The summed E-state index contributed by atoms with van der Waals surface area (Å²) in [5.74, 6) is 4.38. The highest BCUT2D eigenvalue weighted by molar-refractivity contribution is 7.99. The molecule has 5 heteroatoms. The van der Waals surface area contributed by atoms with Crippen molar-refractivity contribution < 1.29 is 4.74 Å². The predicted molar refractivity (Wildman–Crippen MR) is 79.8 cm³/mol. The molecule has 4 nitrogen and oxygen atoms in total. The van der Waals surface area contributed by atoms with E-state index in [0.29, 0.717) is 6.04 Å². The van der Waals surface area contributed by atoms with E-state index in [9.17, 15) is 0 Å². The summed E-state index contributed by atoms with van der Waals surface area (Å²) in [6, 6.07) is 6.55.